The summed E-state index contributed by atoms with van der Waals surface area (Å²) in [5.74, 6) is 0. The Morgan fingerprint density at radius 1 is 0.619 bits per heavy atom. The zero-order valence-corrected chi connectivity index (χ0v) is 14.4. The van der Waals surface area contributed by atoms with E-state index in [0.29, 0.717) is 11.3 Å². The molecule has 110 valence electrons. The van der Waals surface area contributed by atoms with Crippen LogP contribution in [0.1, 0.15) is 0 Å². The van der Waals surface area contributed by atoms with E-state index < -0.39 is 0 Å². The Bertz CT molecular complexity index is 888. The van der Waals surface area contributed by atoms with Crippen molar-refractivity contribution in [1.29, 1.82) is 0 Å². The van der Waals surface area contributed by atoms with E-state index in [1.165, 1.54) is 0 Å². The molecule has 0 radical (unpaired) electrons. The normalized spacial score (nSPS) is 9.90. The van der Waals surface area contributed by atoms with Gasteiger partial charge in [-0.15, -0.1) is 0 Å². The van der Waals surface area contributed by atoms with E-state index in [1.807, 2.05) is 0 Å². The number of rotatable bonds is 0. The van der Waals surface area contributed by atoms with Crippen LogP contribution >= 0.6 is 0 Å². The monoisotopic (exact) mass is 501 g/mol. The van der Waals surface area contributed by atoms with Gasteiger partial charge >= 0.3 is 9.28 Å². The number of imidazole rings is 2. The molecule has 0 aliphatic heterocycles. The van der Waals surface area contributed by atoms with Crippen molar-refractivity contribution in [2.24, 2.45) is 0 Å². The summed E-state index contributed by atoms with van der Waals surface area (Å²) in [5.41, 5.74) is 3.05. The predicted molar refractivity (Wildman–Crippen MR) is 80.5 cm³/mol. The molecule has 0 unspecified atom stereocenters. The summed E-state index contributed by atoms with van der Waals surface area (Å²) in [7, 11) is 0. The smallest absolute Gasteiger partial charge is 0.321 e. The average Bonchev–Trinajstić information content (AvgIpc) is 3.08. The molecular formula is C10H10N8PtS2+2. The molecule has 0 atom stereocenters. The van der Waals surface area contributed by atoms with Crippen molar-refractivity contribution < 1.29 is 21.1 Å². The van der Waals surface area contributed by atoms with Gasteiger partial charge in [0.1, 0.15) is 0 Å². The van der Waals surface area contributed by atoms with Gasteiger partial charge in [0, 0.05) is 21.1 Å². The van der Waals surface area contributed by atoms with E-state index in [9.17, 15) is 0 Å². The number of aromatic nitrogens is 8. The minimum absolute atomic E-state index is 0. The van der Waals surface area contributed by atoms with Crippen molar-refractivity contribution in [3.63, 3.8) is 0 Å². The third-order valence-electron chi connectivity index (χ3n) is 2.49. The van der Waals surface area contributed by atoms with Crippen LogP contribution in [0, 0.1) is 9.28 Å². The average molecular weight is 501 g/mol. The van der Waals surface area contributed by atoms with Crippen LogP contribution in [0.3, 0.4) is 0 Å². The molecular weight excluding hydrogens is 491 g/mol. The Balaban J connectivity index is 0.000000147. The second-order valence-corrected chi connectivity index (χ2v) is 4.60. The van der Waals surface area contributed by atoms with Crippen molar-refractivity contribution in [2.75, 3.05) is 0 Å². The molecule has 4 aromatic heterocycles. The summed E-state index contributed by atoms with van der Waals surface area (Å²) in [6.07, 6.45) is 6.30. The molecule has 4 heterocycles. The fourth-order valence-corrected chi connectivity index (χ4v) is 2.02. The maximum Gasteiger partial charge on any atom is 0.321 e. The summed E-state index contributed by atoms with van der Waals surface area (Å²) < 4.78 is 1.50. The minimum atomic E-state index is 0. The van der Waals surface area contributed by atoms with E-state index in [1.54, 1.807) is 25.3 Å². The minimum Gasteiger partial charge on any atom is -0.337 e. The molecule has 0 fully saturated rings. The fourth-order valence-electron chi connectivity index (χ4n) is 1.57. The Morgan fingerprint density at radius 2 is 0.952 bits per heavy atom. The predicted octanol–water partition coefficient (Wildman–Crippen LogP) is 0.192. The zero-order chi connectivity index (χ0) is 13.9. The molecule has 0 bridgehead atoms. The summed E-state index contributed by atoms with van der Waals surface area (Å²) in [6.45, 7) is 0. The number of H-pyrrole nitrogens is 4. The van der Waals surface area contributed by atoms with Gasteiger partial charge in [-0.3, -0.25) is 9.97 Å². The van der Waals surface area contributed by atoms with Crippen molar-refractivity contribution in [3.05, 3.63) is 34.6 Å². The second-order valence-electron chi connectivity index (χ2n) is 3.70. The Hall–Kier alpha value is -1.77. The molecule has 21 heavy (non-hydrogen) atoms. The Labute approximate surface area is 142 Å². The summed E-state index contributed by atoms with van der Waals surface area (Å²) in [4.78, 5) is 27.3. The van der Waals surface area contributed by atoms with Gasteiger partial charge in [-0.2, -0.15) is 0 Å². The molecule has 0 saturated carbocycles. The van der Waals surface area contributed by atoms with E-state index in [2.05, 4.69) is 64.3 Å². The van der Waals surface area contributed by atoms with Crippen molar-refractivity contribution >= 4 is 46.8 Å². The molecule has 0 saturated heterocycles. The van der Waals surface area contributed by atoms with E-state index in [0.717, 1.165) is 20.3 Å². The van der Waals surface area contributed by atoms with Gasteiger partial charge in [-0.1, -0.05) is 0 Å². The summed E-state index contributed by atoms with van der Waals surface area (Å²) in [6, 6.07) is 0. The maximum atomic E-state index is 4.15. The first kappa shape index (κ1) is 15.6. The van der Waals surface area contributed by atoms with Crippen LogP contribution in [-0.4, -0.2) is 39.9 Å². The quantitative estimate of drug-likeness (QED) is 0.157. The number of fused-ring (bicyclic) bond motifs is 2. The van der Waals surface area contributed by atoms with Crippen LogP contribution < -0.4 is 0 Å². The summed E-state index contributed by atoms with van der Waals surface area (Å²) in [5, 5.41) is 0. The van der Waals surface area contributed by atoms with Crippen LogP contribution in [0.15, 0.2) is 25.3 Å². The third kappa shape index (κ3) is 3.28. The van der Waals surface area contributed by atoms with Gasteiger partial charge in [-0.25, -0.2) is 19.9 Å². The van der Waals surface area contributed by atoms with Crippen LogP contribution in [0.5, 0.6) is 0 Å². The van der Waals surface area contributed by atoms with Gasteiger partial charge in [0.15, 0.2) is 46.8 Å². The largest absolute Gasteiger partial charge is 0.337 e. The number of thiol groups is 2. The molecule has 11 heteroatoms. The van der Waals surface area contributed by atoms with Gasteiger partial charge in [0.2, 0.25) is 0 Å². The number of nitrogens with zero attached hydrogens (tertiary/aromatic N) is 4. The van der Waals surface area contributed by atoms with Crippen LogP contribution in [-0.2, 0) is 45.5 Å². The van der Waals surface area contributed by atoms with E-state index >= 15 is 0 Å². The molecule has 0 spiro atoms. The topological polar surface area (TPSA) is 115 Å². The molecule has 0 aliphatic carbocycles. The van der Waals surface area contributed by atoms with Gasteiger partial charge in [0.05, 0.1) is 25.3 Å². The molecule has 0 aliphatic rings. The second kappa shape index (κ2) is 6.79. The van der Waals surface area contributed by atoms with Gasteiger partial charge in [0.25, 0.3) is 0 Å². The maximum absolute atomic E-state index is 4.15. The molecule has 4 N–H and O–H groups in total. The first-order valence-corrected chi connectivity index (χ1v) is 6.42. The molecule has 4 rings (SSSR count). The van der Waals surface area contributed by atoms with Crippen molar-refractivity contribution in [3.8, 4) is 0 Å². The molecule has 4 aromatic rings. The molecule has 0 amide bonds. The number of aromatic amines is 4. The molecule has 8 nitrogen and oxygen atoms in total. The van der Waals surface area contributed by atoms with Gasteiger partial charge in [-0.05, 0) is 0 Å². The van der Waals surface area contributed by atoms with Crippen LogP contribution in [0.25, 0.3) is 22.3 Å². The third-order valence-corrected chi connectivity index (χ3v) is 3.19. The Morgan fingerprint density at radius 3 is 1.29 bits per heavy atom. The first-order valence-electron chi connectivity index (χ1n) is 5.53. The first-order chi connectivity index (χ1) is 9.75. The van der Waals surface area contributed by atoms with E-state index in [4.69, 9.17) is 0 Å². The SMILES string of the molecule is [Pt].[SH+]=c1[nH]cnc2nc[nH]c12.[SH+]=c1[nH]cnc2nc[nH]c12. The van der Waals surface area contributed by atoms with E-state index in [-0.39, 0.29) is 21.1 Å². The number of nitrogens with one attached hydrogen (secondary N) is 4. The number of hydrogen-bond donors (Lipinski definition) is 4. The molecule has 0 aromatic carbocycles. The fraction of sp³-hybridized carbons (Fsp3) is 0. The zero-order valence-electron chi connectivity index (χ0n) is 10.3. The Kier molecular flexibility index (Phi) is 5.05. The van der Waals surface area contributed by atoms with Gasteiger partial charge < -0.3 is 9.97 Å². The standard InChI is InChI=1S/2C5H4N4S.Pt/c2*10-5-3-4(7-1-6-3)8-2-9-5;/h2*1-2H,(H2,6,7,8,9,10);/p+2. The van der Waals surface area contributed by atoms with Crippen molar-refractivity contribution in [2.45, 2.75) is 0 Å². The van der Waals surface area contributed by atoms with Crippen LogP contribution in [0.2, 0.25) is 0 Å². The van der Waals surface area contributed by atoms with Crippen molar-refractivity contribution in [1.82, 2.24) is 39.9 Å². The summed E-state index contributed by atoms with van der Waals surface area (Å²) >= 11 is 8.30. The van der Waals surface area contributed by atoms with Crippen LogP contribution in [0.4, 0.5) is 0 Å². The number of hydrogen-bond acceptors (Lipinski definition) is 4.